The lowest BCUT2D eigenvalue weighted by molar-refractivity contribution is -0.117. The van der Waals surface area contributed by atoms with E-state index in [4.69, 9.17) is 22.5 Å². The number of benzene rings is 1. The van der Waals surface area contributed by atoms with Gasteiger partial charge in [-0.1, -0.05) is 0 Å². The van der Waals surface area contributed by atoms with Gasteiger partial charge in [-0.25, -0.2) is 0 Å². The SMILES string of the molecule is N#Cc1ccc(N(CC(N)=O)CC(N)=O)c(N)c1. The fourth-order valence-electron chi connectivity index (χ4n) is 1.51. The van der Waals surface area contributed by atoms with E-state index >= 15 is 0 Å². The molecule has 1 aromatic rings. The standard InChI is InChI=1S/C11H13N5O2/c12-4-7-1-2-9(8(13)3-7)16(5-10(14)17)6-11(15)18/h1-3H,5-6,13H2,(H2,14,17)(H2,15,18). The molecule has 1 rings (SSSR count). The van der Waals surface area contributed by atoms with Crippen LogP contribution in [0.2, 0.25) is 0 Å². The molecule has 0 unspecified atom stereocenters. The normalized spacial score (nSPS) is 9.50. The maximum absolute atomic E-state index is 10.9. The molecule has 0 bridgehead atoms. The molecule has 0 aromatic heterocycles. The second-order valence-corrected chi connectivity index (χ2v) is 3.67. The summed E-state index contributed by atoms with van der Waals surface area (Å²) in [7, 11) is 0. The van der Waals surface area contributed by atoms with Crippen molar-refractivity contribution < 1.29 is 9.59 Å². The number of nitrogen functional groups attached to an aromatic ring is 1. The van der Waals surface area contributed by atoms with Crippen LogP contribution in [0.1, 0.15) is 5.56 Å². The first-order valence-corrected chi connectivity index (χ1v) is 5.05. The van der Waals surface area contributed by atoms with Gasteiger partial charge < -0.3 is 22.1 Å². The van der Waals surface area contributed by atoms with Gasteiger partial charge in [-0.3, -0.25) is 9.59 Å². The highest BCUT2D eigenvalue weighted by molar-refractivity contribution is 5.87. The molecule has 0 aliphatic carbocycles. The molecule has 0 aliphatic rings. The van der Waals surface area contributed by atoms with Crippen LogP contribution in [-0.2, 0) is 9.59 Å². The highest BCUT2D eigenvalue weighted by atomic mass is 16.2. The highest BCUT2D eigenvalue weighted by Crippen LogP contribution is 2.23. The van der Waals surface area contributed by atoms with E-state index in [0.29, 0.717) is 11.3 Å². The summed E-state index contributed by atoms with van der Waals surface area (Å²) < 4.78 is 0. The van der Waals surface area contributed by atoms with Crippen molar-refractivity contribution in [2.45, 2.75) is 0 Å². The average Bonchev–Trinajstić information content (AvgIpc) is 2.26. The summed E-state index contributed by atoms with van der Waals surface area (Å²) in [5, 5.41) is 8.71. The first-order valence-electron chi connectivity index (χ1n) is 5.05. The quantitative estimate of drug-likeness (QED) is 0.567. The lowest BCUT2D eigenvalue weighted by Crippen LogP contribution is -2.40. The van der Waals surface area contributed by atoms with E-state index in [1.165, 1.54) is 17.0 Å². The summed E-state index contributed by atoms with van der Waals surface area (Å²) in [5.74, 6) is -1.22. The molecule has 94 valence electrons. The smallest absolute Gasteiger partial charge is 0.236 e. The molecule has 0 spiro atoms. The van der Waals surface area contributed by atoms with Crippen molar-refractivity contribution >= 4 is 23.2 Å². The van der Waals surface area contributed by atoms with E-state index in [0.717, 1.165) is 0 Å². The van der Waals surface area contributed by atoms with Crippen LogP contribution in [0.3, 0.4) is 0 Å². The fraction of sp³-hybridized carbons (Fsp3) is 0.182. The van der Waals surface area contributed by atoms with Crippen LogP contribution in [-0.4, -0.2) is 24.9 Å². The third-order valence-corrected chi connectivity index (χ3v) is 2.19. The molecular weight excluding hydrogens is 234 g/mol. The van der Waals surface area contributed by atoms with Crippen molar-refractivity contribution in [3.8, 4) is 6.07 Å². The van der Waals surface area contributed by atoms with Crippen molar-refractivity contribution in [1.82, 2.24) is 0 Å². The molecule has 7 heteroatoms. The van der Waals surface area contributed by atoms with Crippen LogP contribution in [0.15, 0.2) is 18.2 Å². The minimum absolute atomic E-state index is 0.182. The predicted octanol–water partition coefficient (Wildman–Crippen LogP) is -1.08. The largest absolute Gasteiger partial charge is 0.397 e. The van der Waals surface area contributed by atoms with Gasteiger partial charge in [-0.05, 0) is 18.2 Å². The van der Waals surface area contributed by atoms with Gasteiger partial charge in [0.05, 0.1) is 36.1 Å². The Labute approximate surface area is 104 Å². The summed E-state index contributed by atoms with van der Waals surface area (Å²) in [4.78, 5) is 23.2. The Balaban J connectivity index is 3.08. The van der Waals surface area contributed by atoms with Crippen molar-refractivity contribution in [3.63, 3.8) is 0 Å². The molecule has 6 N–H and O–H groups in total. The number of nitrogens with zero attached hydrogens (tertiary/aromatic N) is 2. The lowest BCUT2D eigenvalue weighted by atomic mass is 10.1. The number of nitrogens with two attached hydrogens (primary N) is 3. The zero-order chi connectivity index (χ0) is 13.7. The van der Waals surface area contributed by atoms with Crippen LogP contribution in [0, 0.1) is 11.3 Å². The lowest BCUT2D eigenvalue weighted by Gasteiger charge is -2.23. The van der Waals surface area contributed by atoms with E-state index < -0.39 is 11.8 Å². The Morgan fingerprint density at radius 1 is 1.22 bits per heavy atom. The molecule has 0 fully saturated rings. The highest BCUT2D eigenvalue weighted by Gasteiger charge is 2.14. The molecule has 0 saturated heterocycles. The number of carbonyl (C=O) groups is 2. The Kier molecular flexibility index (Phi) is 4.10. The molecule has 0 radical (unpaired) electrons. The molecule has 0 heterocycles. The van der Waals surface area contributed by atoms with E-state index in [1.54, 1.807) is 6.07 Å². The van der Waals surface area contributed by atoms with Crippen LogP contribution < -0.4 is 22.1 Å². The second kappa shape index (κ2) is 5.54. The summed E-state index contributed by atoms with van der Waals surface area (Å²) in [6.07, 6.45) is 0. The van der Waals surface area contributed by atoms with Crippen LogP contribution >= 0.6 is 0 Å². The van der Waals surface area contributed by atoms with E-state index in [-0.39, 0.29) is 18.8 Å². The number of anilines is 2. The van der Waals surface area contributed by atoms with Crippen LogP contribution in [0.4, 0.5) is 11.4 Å². The Morgan fingerprint density at radius 2 is 1.78 bits per heavy atom. The zero-order valence-electron chi connectivity index (χ0n) is 9.59. The van der Waals surface area contributed by atoms with Gasteiger partial charge in [0.15, 0.2) is 0 Å². The molecule has 18 heavy (non-hydrogen) atoms. The first-order chi connectivity index (χ1) is 8.43. The van der Waals surface area contributed by atoms with Crippen molar-refractivity contribution in [3.05, 3.63) is 23.8 Å². The number of primary amides is 2. The Hall–Kier alpha value is -2.75. The maximum Gasteiger partial charge on any atom is 0.236 e. The number of hydrogen-bond donors (Lipinski definition) is 3. The minimum atomic E-state index is -0.611. The second-order valence-electron chi connectivity index (χ2n) is 3.67. The number of rotatable bonds is 5. The molecule has 1 aromatic carbocycles. The van der Waals surface area contributed by atoms with Gasteiger partial charge in [0.25, 0.3) is 0 Å². The Morgan fingerprint density at radius 3 is 2.17 bits per heavy atom. The molecule has 0 saturated carbocycles. The van der Waals surface area contributed by atoms with Crippen molar-refractivity contribution in [2.75, 3.05) is 23.7 Å². The first kappa shape index (κ1) is 13.3. The fourth-order valence-corrected chi connectivity index (χ4v) is 1.51. The van der Waals surface area contributed by atoms with E-state index in [1.807, 2.05) is 6.07 Å². The third-order valence-electron chi connectivity index (χ3n) is 2.19. The monoisotopic (exact) mass is 247 g/mol. The van der Waals surface area contributed by atoms with Crippen LogP contribution in [0.5, 0.6) is 0 Å². The predicted molar refractivity (Wildman–Crippen MR) is 66.2 cm³/mol. The number of carbonyl (C=O) groups excluding carboxylic acids is 2. The number of amides is 2. The number of nitriles is 1. The van der Waals surface area contributed by atoms with Gasteiger partial charge in [0.2, 0.25) is 11.8 Å². The summed E-state index contributed by atoms with van der Waals surface area (Å²) in [6.45, 7) is -0.363. The summed E-state index contributed by atoms with van der Waals surface area (Å²) >= 11 is 0. The Bertz CT molecular complexity index is 505. The van der Waals surface area contributed by atoms with Crippen molar-refractivity contribution in [1.29, 1.82) is 5.26 Å². The maximum atomic E-state index is 10.9. The molecular formula is C11H13N5O2. The minimum Gasteiger partial charge on any atom is -0.397 e. The molecule has 0 atom stereocenters. The van der Waals surface area contributed by atoms with Gasteiger partial charge in [0.1, 0.15) is 0 Å². The summed E-state index contributed by atoms with van der Waals surface area (Å²) in [6, 6.07) is 6.45. The van der Waals surface area contributed by atoms with E-state index in [2.05, 4.69) is 0 Å². The average molecular weight is 247 g/mol. The molecule has 2 amide bonds. The molecule has 0 aliphatic heterocycles. The molecule has 7 nitrogen and oxygen atoms in total. The summed E-state index contributed by atoms with van der Waals surface area (Å²) in [5.41, 5.74) is 17.0. The third kappa shape index (κ3) is 3.38. The van der Waals surface area contributed by atoms with Gasteiger partial charge >= 0.3 is 0 Å². The van der Waals surface area contributed by atoms with Crippen molar-refractivity contribution in [2.24, 2.45) is 11.5 Å². The zero-order valence-corrected chi connectivity index (χ0v) is 9.59. The van der Waals surface area contributed by atoms with E-state index in [9.17, 15) is 9.59 Å². The van der Waals surface area contributed by atoms with Gasteiger partial charge in [-0.2, -0.15) is 5.26 Å². The van der Waals surface area contributed by atoms with Crippen LogP contribution in [0.25, 0.3) is 0 Å². The van der Waals surface area contributed by atoms with Gasteiger partial charge in [-0.15, -0.1) is 0 Å². The number of hydrogen-bond acceptors (Lipinski definition) is 5. The van der Waals surface area contributed by atoms with Gasteiger partial charge in [0, 0.05) is 0 Å². The topological polar surface area (TPSA) is 139 Å².